The molecule has 0 saturated carbocycles. The van der Waals surface area contributed by atoms with Gasteiger partial charge in [0.2, 0.25) is 0 Å². The van der Waals surface area contributed by atoms with Gasteiger partial charge in [-0.2, -0.15) is 0 Å². The average Bonchev–Trinajstić information content (AvgIpc) is 3.03. The fourth-order valence-electron chi connectivity index (χ4n) is 2.98. The maximum absolute atomic E-state index is 5.22. The topological polar surface area (TPSA) is 24.5 Å². The van der Waals surface area contributed by atoms with Crippen molar-refractivity contribution in [3.05, 3.63) is 29.8 Å². The number of rotatable bonds is 9. The second-order valence-electron chi connectivity index (χ2n) is 6.05. The summed E-state index contributed by atoms with van der Waals surface area (Å²) in [5.74, 6) is 0.941. The summed E-state index contributed by atoms with van der Waals surface area (Å²) in [7, 11) is 1.72. The number of nitrogens with one attached hydrogen (secondary N) is 1. The quantitative estimate of drug-likeness (QED) is 0.756. The van der Waals surface area contributed by atoms with Crippen molar-refractivity contribution in [3.63, 3.8) is 0 Å². The number of nitrogens with zero attached hydrogens (tertiary/aromatic N) is 1. The summed E-state index contributed by atoms with van der Waals surface area (Å²) < 4.78 is 5.22. The molecule has 1 heterocycles. The van der Waals surface area contributed by atoms with Crippen LogP contribution in [0.5, 0.6) is 5.75 Å². The predicted molar refractivity (Wildman–Crippen MR) is 89.1 cm³/mol. The Morgan fingerprint density at radius 1 is 1.24 bits per heavy atom. The van der Waals surface area contributed by atoms with Crippen LogP contribution in [0.4, 0.5) is 0 Å². The van der Waals surface area contributed by atoms with E-state index in [0.29, 0.717) is 6.04 Å². The second kappa shape index (κ2) is 9.06. The smallest absolute Gasteiger partial charge is 0.118 e. The van der Waals surface area contributed by atoms with E-state index in [1.165, 1.54) is 50.9 Å². The molecule has 1 aromatic carbocycles. The fourth-order valence-corrected chi connectivity index (χ4v) is 2.98. The molecule has 3 nitrogen and oxygen atoms in total. The standard InChI is InChI=1S/C18H30N2O/c1-3-4-13-20(15-17-6-5-12-19-17)14-11-16-7-9-18(21-2)10-8-16/h7-10,17,19H,3-6,11-15H2,1-2H3. The molecule has 0 spiro atoms. The molecule has 1 aliphatic heterocycles. The lowest BCUT2D eigenvalue weighted by Gasteiger charge is -2.25. The summed E-state index contributed by atoms with van der Waals surface area (Å²) in [5, 5.41) is 3.62. The molecule has 1 saturated heterocycles. The van der Waals surface area contributed by atoms with Gasteiger partial charge in [-0.05, 0) is 56.5 Å². The first-order valence-corrected chi connectivity index (χ1v) is 8.40. The van der Waals surface area contributed by atoms with Crippen LogP contribution in [0, 0.1) is 0 Å². The van der Waals surface area contributed by atoms with E-state index in [2.05, 4.69) is 41.4 Å². The summed E-state index contributed by atoms with van der Waals surface area (Å²) in [6.45, 7) is 7.06. The van der Waals surface area contributed by atoms with Crippen molar-refractivity contribution in [2.45, 2.75) is 45.1 Å². The highest BCUT2D eigenvalue weighted by Gasteiger charge is 2.17. The molecule has 0 aliphatic carbocycles. The molecule has 21 heavy (non-hydrogen) atoms. The van der Waals surface area contributed by atoms with Crippen LogP contribution in [-0.2, 0) is 6.42 Å². The Morgan fingerprint density at radius 2 is 2.05 bits per heavy atom. The molecule has 0 bridgehead atoms. The van der Waals surface area contributed by atoms with E-state index in [1.54, 1.807) is 7.11 Å². The molecule has 3 heteroatoms. The number of ether oxygens (including phenoxy) is 1. The van der Waals surface area contributed by atoms with E-state index < -0.39 is 0 Å². The number of unbranched alkanes of at least 4 members (excludes halogenated alkanes) is 1. The van der Waals surface area contributed by atoms with Crippen molar-refractivity contribution >= 4 is 0 Å². The summed E-state index contributed by atoms with van der Waals surface area (Å²) in [6.07, 6.45) is 6.38. The van der Waals surface area contributed by atoms with Crippen molar-refractivity contribution < 1.29 is 4.74 Å². The Hall–Kier alpha value is -1.06. The van der Waals surface area contributed by atoms with Crippen molar-refractivity contribution in [2.24, 2.45) is 0 Å². The van der Waals surface area contributed by atoms with Gasteiger partial charge in [0.25, 0.3) is 0 Å². The third kappa shape index (κ3) is 5.68. The molecule has 1 fully saturated rings. The van der Waals surface area contributed by atoms with Crippen LogP contribution in [0.3, 0.4) is 0 Å². The summed E-state index contributed by atoms with van der Waals surface area (Å²) in [4.78, 5) is 2.64. The van der Waals surface area contributed by atoms with Gasteiger partial charge < -0.3 is 15.0 Å². The fraction of sp³-hybridized carbons (Fsp3) is 0.667. The van der Waals surface area contributed by atoms with Crippen LogP contribution in [-0.4, -0.2) is 44.2 Å². The highest BCUT2D eigenvalue weighted by atomic mass is 16.5. The lowest BCUT2D eigenvalue weighted by Crippen LogP contribution is -2.39. The Labute approximate surface area is 129 Å². The molecule has 0 aromatic heterocycles. The van der Waals surface area contributed by atoms with Gasteiger partial charge in [0.05, 0.1) is 7.11 Å². The van der Waals surface area contributed by atoms with Gasteiger partial charge in [0, 0.05) is 19.1 Å². The number of benzene rings is 1. The predicted octanol–water partition coefficient (Wildman–Crippen LogP) is 3.09. The molecule has 1 aliphatic rings. The SMILES string of the molecule is CCCCN(CCc1ccc(OC)cc1)CC1CCCN1. The van der Waals surface area contributed by atoms with E-state index >= 15 is 0 Å². The zero-order valence-electron chi connectivity index (χ0n) is 13.6. The van der Waals surface area contributed by atoms with E-state index in [0.717, 1.165) is 18.7 Å². The van der Waals surface area contributed by atoms with Crippen LogP contribution in [0.15, 0.2) is 24.3 Å². The van der Waals surface area contributed by atoms with Gasteiger partial charge in [0.1, 0.15) is 5.75 Å². The molecule has 1 unspecified atom stereocenters. The molecule has 118 valence electrons. The second-order valence-corrected chi connectivity index (χ2v) is 6.05. The largest absolute Gasteiger partial charge is 0.497 e. The van der Waals surface area contributed by atoms with E-state index in [1.807, 2.05) is 0 Å². The number of hydrogen-bond donors (Lipinski definition) is 1. The summed E-state index contributed by atoms with van der Waals surface area (Å²) in [5.41, 5.74) is 1.40. The molecule has 0 radical (unpaired) electrons. The maximum Gasteiger partial charge on any atom is 0.118 e. The van der Waals surface area contributed by atoms with Crippen molar-refractivity contribution in [2.75, 3.05) is 33.3 Å². The van der Waals surface area contributed by atoms with Gasteiger partial charge in [-0.1, -0.05) is 25.5 Å². The Balaban J connectivity index is 1.81. The summed E-state index contributed by atoms with van der Waals surface area (Å²) in [6, 6.07) is 9.20. The van der Waals surface area contributed by atoms with Gasteiger partial charge >= 0.3 is 0 Å². The molecule has 1 N–H and O–H groups in total. The van der Waals surface area contributed by atoms with Crippen LogP contribution in [0.25, 0.3) is 0 Å². The van der Waals surface area contributed by atoms with Crippen LogP contribution in [0.2, 0.25) is 0 Å². The van der Waals surface area contributed by atoms with Gasteiger partial charge in [-0.25, -0.2) is 0 Å². The highest BCUT2D eigenvalue weighted by molar-refractivity contribution is 5.27. The van der Waals surface area contributed by atoms with Crippen LogP contribution >= 0.6 is 0 Å². The van der Waals surface area contributed by atoms with E-state index in [-0.39, 0.29) is 0 Å². The van der Waals surface area contributed by atoms with Gasteiger partial charge in [0.15, 0.2) is 0 Å². The minimum absolute atomic E-state index is 0.706. The van der Waals surface area contributed by atoms with Gasteiger partial charge in [-0.3, -0.25) is 0 Å². The van der Waals surface area contributed by atoms with E-state index in [4.69, 9.17) is 4.74 Å². The Morgan fingerprint density at radius 3 is 2.67 bits per heavy atom. The monoisotopic (exact) mass is 290 g/mol. The van der Waals surface area contributed by atoms with Crippen LogP contribution < -0.4 is 10.1 Å². The zero-order valence-corrected chi connectivity index (χ0v) is 13.6. The molecule has 0 amide bonds. The third-order valence-electron chi connectivity index (χ3n) is 4.34. The average molecular weight is 290 g/mol. The lowest BCUT2D eigenvalue weighted by atomic mass is 10.1. The highest BCUT2D eigenvalue weighted by Crippen LogP contribution is 2.13. The Bertz CT molecular complexity index is 385. The van der Waals surface area contributed by atoms with Gasteiger partial charge in [-0.15, -0.1) is 0 Å². The normalized spacial score (nSPS) is 18.3. The van der Waals surface area contributed by atoms with Crippen molar-refractivity contribution in [3.8, 4) is 5.75 Å². The molecular formula is C18H30N2O. The molecule has 1 aromatic rings. The van der Waals surface area contributed by atoms with Crippen molar-refractivity contribution in [1.82, 2.24) is 10.2 Å². The minimum atomic E-state index is 0.706. The first-order chi connectivity index (χ1) is 10.3. The summed E-state index contributed by atoms with van der Waals surface area (Å²) >= 11 is 0. The molecule has 2 rings (SSSR count). The number of methoxy groups -OCH3 is 1. The lowest BCUT2D eigenvalue weighted by molar-refractivity contribution is 0.248. The molecule has 1 atom stereocenters. The first-order valence-electron chi connectivity index (χ1n) is 8.40. The number of hydrogen-bond acceptors (Lipinski definition) is 3. The maximum atomic E-state index is 5.22. The van der Waals surface area contributed by atoms with E-state index in [9.17, 15) is 0 Å². The molecular weight excluding hydrogens is 260 g/mol. The first kappa shape index (κ1) is 16.3. The third-order valence-corrected chi connectivity index (χ3v) is 4.34. The minimum Gasteiger partial charge on any atom is -0.497 e. The zero-order chi connectivity index (χ0) is 14.9. The van der Waals surface area contributed by atoms with Crippen LogP contribution in [0.1, 0.15) is 38.2 Å². The van der Waals surface area contributed by atoms with Crippen molar-refractivity contribution in [1.29, 1.82) is 0 Å². The Kier molecular flexibility index (Phi) is 7.04.